The van der Waals surface area contributed by atoms with E-state index in [1.165, 1.54) is 6.07 Å². The van der Waals surface area contributed by atoms with Gasteiger partial charge in [-0.1, -0.05) is 33.1 Å². The van der Waals surface area contributed by atoms with Gasteiger partial charge in [0.05, 0.1) is 17.2 Å². The predicted octanol–water partition coefficient (Wildman–Crippen LogP) is 3.84. The molecule has 0 amide bonds. The Morgan fingerprint density at radius 2 is 2.07 bits per heavy atom. The van der Waals surface area contributed by atoms with Gasteiger partial charge in [-0.3, -0.25) is 19.8 Å². The third-order valence-corrected chi connectivity index (χ3v) is 6.03. The van der Waals surface area contributed by atoms with E-state index in [4.69, 9.17) is 4.74 Å². The molecule has 0 aromatic heterocycles. The zero-order valence-electron chi connectivity index (χ0n) is 16.7. The molecule has 2 aliphatic rings. The highest BCUT2D eigenvalue weighted by atomic mass is 16.6. The molecule has 2 atom stereocenters. The van der Waals surface area contributed by atoms with Crippen molar-refractivity contribution in [2.75, 3.05) is 25.5 Å². The molecule has 0 N–H and O–H groups in total. The van der Waals surface area contributed by atoms with Gasteiger partial charge >= 0.3 is 5.97 Å². The van der Waals surface area contributed by atoms with Crippen molar-refractivity contribution in [2.45, 2.75) is 64.0 Å². The largest absolute Gasteiger partial charge is 0.426 e. The smallest absolute Gasteiger partial charge is 0.311 e. The highest BCUT2D eigenvalue weighted by Gasteiger charge is 2.54. The summed E-state index contributed by atoms with van der Waals surface area (Å²) in [5.41, 5.74) is 1.34. The number of nitrogens with zero attached hydrogens (tertiary/aromatic N) is 3. The van der Waals surface area contributed by atoms with E-state index in [1.807, 2.05) is 25.1 Å². The number of anilines is 1. The Bertz CT molecular complexity index is 751. The SMILES string of the molecule is CCCCCCC(=O)Oc1cc([N+](=O)[O-])c2c(c1)[C@]1(C)CCN(C)C1N2C. The minimum Gasteiger partial charge on any atom is -0.426 e. The molecule has 1 aromatic carbocycles. The van der Waals surface area contributed by atoms with Gasteiger partial charge in [-0.25, -0.2) is 0 Å². The van der Waals surface area contributed by atoms with Crippen LogP contribution in [0, 0.1) is 10.1 Å². The summed E-state index contributed by atoms with van der Waals surface area (Å²) in [7, 11) is 3.95. The van der Waals surface area contributed by atoms with Crippen LogP contribution in [0.15, 0.2) is 12.1 Å². The van der Waals surface area contributed by atoms with E-state index < -0.39 is 0 Å². The van der Waals surface area contributed by atoms with Crippen LogP contribution in [0.3, 0.4) is 0 Å². The first kappa shape index (κ1) is 19.6. The lowest BCUT2D eigenvalue weighted by Crippen LogP contribution is -2.45. The number of benzene rings is 1. The van der Waals surface area contributed by atoms with Crippen molar-refractivity contribution < 1.29 is 14.5 Å². The predicted molar refractivity (Wildman–Crippen MR) is 104 cm³/mol. The number of likely N-dealkylation sites (N-methyl/N-ethyl adjacent to an activating group) is 2. The molecule has 3 rings (SSSR count). The van der Waals surface area contributed by atoms with Gasteiger partial charge in [0, 0.05) is 25.4 Å². The maximum Gasteiger partial charge on any atom is 0.311 e. The quantitative estimate of drug-likeness (QED) is 0.237. The topological polar surface area (TPSA) is 75.9 Å². The van der Waals surface area contributed by atoms with Crippen LogP contribution in [0.25, 0.3) is 0 Å². The van der Waals surface area contributed by atoms with Crippen LogP contribution in [0.2, 0.25) is 0 Å². The molecule has 27 heavy (non-hydrogen) atoms. The van der Waals surface area contributed by atoms with Crippen molar-refractivity contribution >= 4 is 17.3 Å². The van der Waals surface area contributed by atoms with Gasteiger partial charge in [-0.15, -0.1) is 0 Å². The van der Waals surface area contributed by atoms with Gasteiger partial charge in [0.15, 0.2) is 0 Å². The maximum atomic E-state index is 12.2. The minimum absolute atomic E-state index is 0.00723. The third-order valence-electron chi connectivity index (χ3n) is 6.03. The molecular formula is C20H29N3O4. The van der Waals surface area contributed by atoms with Gasteiger partial charge < -0.3 is 9.64 Å². The molecular weight excluding hydrogens is 346 g/mol. The zero-order chi connectivity index (χ0) is 19.8. The highest BCUT2D eigenvalue weighted by Crippen LogP contribution is 2.55. The fraction of sp³-hybridized carbons (Fsp3) is 0.650. The lowest BCUT2D eigenvalue weighted by Gasteiger charge is -2.32. The number of nitro groups is 1. The van der Waals surface area contributed by atoms with E-state index in [-0.39, 0.29) is 33.9 Å². The van der Waals surface area contributed by atoms with Gasteiger partial charge in [-0.2, -0.15) is 0 Å². The van der Waals surface area contributed by atoms with Crippen LogP contribution in [0.4, 0.5) is 11.4 Å². The van der Waals surface area contributed by atoms with Crippen LogP contribution in [0.5, 0.6) is 5.75 Å². The van der Waals surface area contributed by atoms with E-state index in [2.05, 4.69) is 18.7 Å². The first-order chi connectivity index (χ1) is 12.8. The van der Waals surface area contributed by atoms with E-state index in [9.17, 15) is 14.9 Å². The van der Waals surface area contributed by atoms with Crippen molar-refractivity contribution in [1.29, 1.82) is 0 Å². The number of fused-ring (bicyclic) bond motifs is 3. The average Bonchev–Trinajstić information content (AvgIpc) is 3.04. The lowest BCUT2D eigenvalue weighted by atomic mass is 9.81. The highest BCUT2D eigenvalue weighted by molar-refractivity contribution is 5.79. The second-order valence-electron chi connectivity index (χ2n) is 8.01. The fourth-order valence-corrected chi connectivity index (χ4v) is 4.74. The minimum atomic E-state index is -0.377. The molecule has 2 heterocycles. The Morgan fingerprint density at radius 1 is 1.33 bits per heavy atom. The van der Waals surface area contributed by atoms with Gasteiger partial charge in [0.2, 0.25) is 0 Å². The van der Waals surface area contributed by atoms with E-state index in [0.29, 0.717) is 12.1 Å². The molecule has 0 aliphatic carbocycles. The molecule has 1 aromatic rings. The molecule has 0 saturated carbocycles. The summed E-state index contributed by atoms with van der Waals surface area (Å²) >= 11 is 0. The van der Waals surface area contributed by atoms with Gasteiger partial charge in [0.25, 0.3) is 5.69 Å². The summed E-state index contributed by atoms with van der Waals surface area (Å²) in [6.45, 7) is 5.19. The molecule has 7 nitrogen and oxygen atoms in total. The molecule has 1 fully saturated rings. The zero-order valence-corrected chi connectivity index (χ0v) is 16.7. The summed E-state index contributed by atoms with van der Waals surface area (Å²) in [6, 6.07) is 3.23. The van der Waals surface area contributed by atoms with Crippen molar-refractivity contribution in [3.8, 4) is 5.75 Å². The summed E-state index contributed by atoms with van der Waals surface area (Å²) in [4.78, 5) is 27.7. The molecule has 7 heteroatoms. The van der Waals surface area contributed by atoms with Crippen molar-refractivity contribution in [3.63, 3.8) is 0 Å². The molecule has 1 unspecified atom stereocenters. The molecule has 0 bridgehead atoms. The number of likely N-dealkylation sites (tertiary alicyclic amines) is 1. The Labute approximate surface area is 160 Å². The van der Waals surface area contributed by atoms with E-state index in [0.717, 1.165) is 44.2 Å². The van der Waals surface area contributed by atoms with Crippen molar-refractivity contribution in [2.24, 2.45) is 0 Å². The number of ether oxygens (including phenoxy) is 1. The first-order valence-corrected chi connectivity index (χ1v) is 9.76. The Morgan fingerprint density at radius 3 is 2.74 bits per heavy atom. The third kappa shape index (κ3) is 3.40. The number of rotatable bonds is 7. The molecule has 0 radical (unpaired) electrons. The summed E-state index contributed by atoms with van der Waals surface area (Å²) in [6.07, 6.45) is 5.31. The number of hydrogen-bond donors (Lipinski definition) is 0. The van der Waals surface area contributed by atoms with Crippen LogP contribution >= 0.6 is 0 Å². The Hall–Kier alpha value is -2.15. The Balaban J connectivity index is 1.89. The average molecular weight is 375 g/mol. The second kappa shape index (κ2) is 7.46. The van der Waals surface area contributed by atoms with Crippen molar-refractivity contribution in [1.82, 2.24) is 4.90 Å². The maximum absolute atomic E-state index is 12.2. The molecule has 0 spiro atoms. The lowest BCUT2D eigenvalue weighted by molar-refractivity contribution is -0.384. The van der Waals surface area contributed by atoms with Crippen molar-refractivity contribution in [3.05, 3.63) is 27.8 Å². The Kier molecular flexibility index (Phi) is 5.42. The van der Waals surface area contributed by atoms with Crippen LogP contribution < -0.4 is 9.64 Å². The number of unbranched alkanes of at least 4 members (excludes halogenated alkanes) is 3. The molecule has 148 valence electrons. The second-order valence-corrected chi connectivity index (χ2v) is 8.01. The molecule has 1 saturated heterocycles. The van der Waals surface area contributed by atoms with Crippen LogP contribution in [0.1, 0.15) is 57.9 Å². The molecule has 2 aliphatic heterocycles. The standard InChI is InChI=1S/C20H29N3O4/c1-5-6-7-8-9-17(24)27-14-12-15-18(16(13-14)23(25)26)22(4)19-20(15,2)10-11-21(19)3/h12-13,19H,5-11H2,1-4H3/t19?,20-/m0/s1. The summed E-state index contributed by atoms with van der Waals surface area (Å²) in [5.74, 6) is -0.0392. The number of hydrogen-bond acceptors (Lipinski definition) is 6. The first-order valence-electron chi connectivity index (χ1n) is 9.76. The summed E-state index contributed by atoms with van der Waals surface area (Å²) in [5, 5.41) is 11.7. The number of nitro benzene ring substituents is 1. The van der Waals surface area contributed by atoms with Crippen LogP contribution in [-0.4, -0.2) is 42.6 Å². The number of carbonyl (C=O) groups excluding carboxylic acids is 1. The van der Waals surface area contributed by atoms with E-state index in [1.54, 1.807) is 0 Å². The van der Waals surface area contributed by atoms with E-state index >= 15 is 0 Å². The fourth-order valence-electron chi connectivity index (χ4n) is 4.74. The number of carbonyl (C=O) groups is 1. The van der Waals surface area contributed by atoms with Crippen LogP contribution in [-0.2, 0) is 10.2 Å². The normalized spacial score (nSPS) is 24.0. The summed E-state index contributed by atoms with van der Waals surface area (Å²) < 4.78 is 5.49. The van der Waals surface area contributed by atoms with Gasteiger partial charge in [0.1, 0.15) is 11.4 Å². The monoisotopic (exact) mass is 375 g/mol. The van der Waals surface area contributed by atoms with Gasteiger partial charge in [-0.05, 0) is 31.5 Å². The number of esters is 1.